The minimum absolute atomic E-state index is 0.285. The number of aromatic amines is 1. The van der Waals surface area contributed by atoms with Crippen LogP contribution in [0.5, 0.6) is 11.6 Å². The van der Waals surface area contributed by atoms with Crippen LogP contribution in [0, 0.1) is 18.3 Å². The number of hydrogen-bond acceptors (Lipinski definition) is 4. The van der Waals surface area contributed by atoms with Gasteiger partial charge in [0.05, 0.1) is 25.1 Å². The molecule has 1 aromatic heterocycles. The summed E-state index contributed by atoms with van der Waals surface area (Å²) < 4.78 is 13.4. The highest BCUT2D eigenvalue weighted by atomic mass is 16.5. The third kappa shape index (κ3) is 3.76. The Labute approximate surface area is 181 Å². The predicted octanol–water partition coefficient (Wildman–Crippen LogP) is 3.46. The number of nitrogens with one attached hydrogen (secondary N) is 1. The lowest BCUT2D eigenvalue weighted by molar-refractivity contribution is -0.661. The van der Waals surface area contributed by atoms with Crippen LogP contribution in [0.15, 0.2) is 71.0 Å². The molecule has 0 saturated heterocycles. The van der Waals surface area contributed by atoms with E-state index in [0.717, 1.165) is 28.3 Å². The van der Waals surface area contributed by atoms with Gasteiger partial charge in [0.1, 0.15) is 23.0 Å². The lowest BCUT2D eigenvalue weighted by Crippen LogP contribution is -2.35. The summed E-state index contributed by atoms with van der Waals surface area (Å²) in [5.41, 5.74) is 4.17. The van der Waals surface area contributed by atoms with Crippen molar-refractivity contribution < 1.29 is 14.2 Å². The Morgan fingerprint density at radius 3 is 2.48 bits per heavy atom. The van der Waals surface area contributed by atoms with Crippen LogP contribution in [0.1, 0.15) is 22.7 Å². The lowest BCUT2D eigenvalue weighted by Gasteiger charge is -2.22. The van der Waals surface area contributed by atoms with Crippen LogP contribution in [0.4, 0.5) is 0 Å². The van der Waals surface area contributed by atoms with E-state index in [1.54, 1.807) is 18.3 Å². The number of para-hydroxylation sites is 1. The van der Waals surface area contributed by atoms with Gasteiger partial charge in [0.25, 0.3) is 0 Å². The first-order chi connectivity index (χ1) is 15.0. The number of aryl methyl sites for hydroxylation is 1. The largest absolute Gasteiger partial charge is 0.497 e. The van der Waals surface area contributed by atoms with E-state index in [4.69, 9.17) is 9.47 Å². The lowest BCUT2D eigenvalue weighted by atomic mass is 9.84. The molecule has 7 nitrogen and oxygen atoms in total. The van der Waals surface area contributed by atoms with Gasteiger partial charge >= 0.3 is 5.88 Å². The Morgan fingerprint density at radius 2 is 1.87 bits per heavy atom. The SMILES string of the molecule is COc1ccc(C2C(C#N)=C(/N=C/N(C)C)Oc3c2c(C)[nH][n+]3-c2ccccc2)cc1. The number of ether oxygens (including phenoxy) is 2. The molecule has 0 amide bonds. The van der Waals surface area contributed by atoms with Gasteiger partial charge in [0.2, 0.25) is 11.6 Å². The highest BCUT2D eigenvalue weighted by Crippen LogP contribution is 2.43. The Kier molecular flexibility index (Phi) is 5.46. The van der Waals surface area contributed by atoms with Gasteiger partial charge in [0.15, 0.2) is 0 Å². The van der Waals surface area contributed by atoms with E-state index in [-0.39, 0.29) is 11.8 Å². The quantitative estimate of drug-likeness (QED) is 0.394. The summed E-state index contributed by atoms with van der Waals surface area (Å²) in [4.78, 5) is 6.27. The van der Waals surface area contributed by atoms with Crippen molar-refractivity contribution in [3.8, 4) is 23.4 Å². The first kappa shape index (κ1) is 20.2. The Morgan fingerprint density at radius 1 is 1.16 bits per heavy atom. The molecular weight excluding hydrogens is 390 g/mol. The molecule has 156 valence electrons. The molecule has 1 atom stereocenters. The highest BCUT2D eigenvalue weighted by molar-refractivity contribution is 5.60. The molecule has 1 aliphatic heterocycles. The van der Waals surface area contributed by atoms with E-state index in [1.165, 1.54) is 0 Å². The summed E-state index contributed by atoms with van der Waals surface area (Å²) in [5.74, 6) is 1.34. The van der Waals surface area contributed by atoms with Gasteiger partial charge in [-0.05, 0) is 29.3 Å². The molecule has 1 unspecified atom stereocenters. The average Bonchev–Trinajstić information content (AvgIpc) is 3.13. The second kappa shape index (κ2) is 8.36. The summed E-state index contributed by atoms with van der Waals surface area (Å²) in [6.45, 7) is 1.99. The Balaban J connectivity index is 1.95. The number of hydrogen-bond donors (Lipinski definition) is 1. The number of nitrogens with zero attached hydrogens (tertiary/aromatic N) is 4. The highest BCUT2D eigenvalue weighted by Gasteiger charge is 2.41. The van der Waals surface area contributed by atoms with Crippen molar-refractivity contribution in [2.24, 2.45) is 4.99 Å². The maximum Gasteiger partial charge on any atom is 0.410 e. The van der Waals surface area contributed by atoms with Gasteiger partial charge < -0.3 is 14.4 Å². The van der Waals surface area contributed by atoms with Crippen molar-refractivity contribution in [3.05, 3.63) is 82.9 Å². The molecule has 7 heteroatoms. The average molecular weight is 414 g/mol. The molecular formula is C24H24N5O2+. The van der Waals surface area contributed by atoms with E-state index < -0.39 is 0 Å². The van der Waals surface area contributed by atoms with Gasteiger partial charge in [-0.3, -0.25) is 0 Å². The summed E-state index contributed by atoms with van der Waals surface area (Å²) >= 11 is 0. The standard InChI is InChI=1S/C24H23N5O2/c1-16-21-22(17-10-12-19(30-4)13-11-17)20(14-25)23(26-15-28(2)3)31-24(21)29(27-16)18-8-6-5-7-9-18/h5-13,15,22H,1-4H3/p+1/b26-15+. The van der Waals surface area contributed by atoms with E-state index in [2.05, 4.69) is 16.2 Å². The molecule has 2 heterocycles. The minimum atomic E-state index is -0.324. The smallest absolute Gasteiger partial charge is 0.410 e. The second-order valence-corrected chi connectivity index (χ2v) is 7.47. The number of aromatic nitrogens is 2. The molecule has 3 aromatic rings. The van der Waals surface area contributed by atoms with Gasteiger partial charge in [-0.2, -0.15) is 10.4 Å². The number of allylic oxidation sites excluding steroid dienone is 1. The molecule has 1 aliphatic rings. The van der Waals surface area contributed by atoms with Crippen molar-refractivity contribution in [2.75, 3.05) is 21.2 Å². The van der Waals surface area contributed by atoms with E-state index >= 15 is 0 Å². The monoisotopic (exact) mass is 414 g/mol. The number of H-pyrrole nitrogens is 1. The molecule has 31 heavy (non-hydrogen) atoms. The predicted molar refractivity (Wildman–Crippen MR) is 117 cm³/mol. The van der Waals surface area contributed by atoms with Crippen molar-refractivity contribution >= 4 is 6.34 Å². The molecule has 0 aliphatic carbocycles. The van der Waals surface area contributed by atoms with Crippen LogP contribution >= 0.6 is 0 Å². The molecule has 4 rings (SSSR count). The fourth-order valence-electron chi connectivity index (χ4n) is 3.68. The van der Waals surface area contributed by atoms with Crippen LogP contribution in [0.3, 0.4) is 0 Å². The van der Waals surface area contributed by atoms with Crippen LogP contribution in [-0.2, 0) is 0 Å². The van der Waals surface area contributed by atoms with Crippen molar-refractivity contribution in [1.82, 2.24) is 10.00 Å². The fourth-order valence-corrected chi connectivity index (χ4v) is 3.68. The van der Waals surface area contributed by atoms with Gasteiger partial charge in [-0.1, -0.05) is 30.3 Å². The van der Waals surface area contributed by atoms with Gasteiger partial charge in [-0.15, -0.1) is 0 Å². The topological polar surface area (TPSA) is 77.5 Å². The van der Waals surface area contributed by atoms with Crippen LogP contribution in [0.2, 0.25) is 0 Å². The number of benzene rings is 2. The second-order valence-electron chi connectivity index (χ2n) is 7.47. The first-order valence-corrected chi connectivity index (χ1v) is 9.90. The van der Waals surface area contributed by atoms with E-state index in [9.17, 15) is 5.26 Å². The summed E-state index contributed by atoms with van der Waals surface area (Å²) in [7, 11) is 5.38. The minimum Gasteiger partial charge on any atom is -0.497 e. The third-order valence-electron chi connectivity index (χ3n) is 5.11. The van der Waals surface area contributed by atoms with Crippen LogP contribution < -0.4 is 14.2 Å². The molecule has 0 radical (unpaired) electrons. The number of fused-ring (bicyclic) bond motifs is 1. The summed E-state index contributed by atoms with van der Waals surface area (Å²) in [6.07, 6.45) is 1.63. The number of aliphatic imine (C=N–C) groups is 1. The number of methoxy groups -OCH3 is 1. The van der Waals surface area contributed by atoms with Crippen molar-refractivity contribution in [1.29, 1.82) is 5.26 Å². The van der Waals surface area contributed by atoms with E-state index in [1.807, 2.05) is 80.3 Å². The maximum absolute atomic E-state index is 10.1. The zero-order valence-electron chi connectivity index (χ0n) is 18.0. The number of nitriles is 1. The van der Waals surface area contributed by atoms with Crippen LogP contribution in [-0.4, -0.2) is 37.5 Å². The summed E-state index contributed by atoms with van der Waals surface area (Å²) in [6, 6.07) is 20.0. The van der Waals surface area contributed by atoms with Crippen LogP contribution in [0.25, 0.3) is 5.69 Å². The summed E-state index contributed by atoms with van der Waals surface area (Å²) in [5, 5.41) is 13.5. The molecule has 0 saturated carbocycles. The Hall–Kier alpha value is -4.05. The third-order valence-corrected chi connectivity index (χ3v) is 5.11. The first-order valence-electron chi connectivity index (χ1n) is 9.90. The zero-order valence-corrected chi connectivity index (χ0v) is 18.0. The number of rotatable bonds is 5. The van der Waals surface area contributed by atoms with Crippen molar-refractivity contribution in [2.45, 2.75) is 12.8 Å². The fraction of sp³-hybridized carbons (Fsp3) is 0.208. The molecule has 2 aromatic carbocycles. The molecule has 0 spiro atoms. The van der Waals surface area contributed by atoms with E-state index in [0.29, 0.717) is 11.5 Å². The molecule has 1 N–H and O–H groups in total. The maximum atomic E-state index is 10.1. The van der Waals surface area contributed by atoms with Crippen molar-refractivity contribution in [3.63, 3.8) is 0 Å². The normalized spacial score (nSPS) is 15.4. The zero-order chi connectivity index (χ0) is 22.0. The molecule has 0 bridgehead atoms. The van der Waals surface area contributed by atoms with Gasteiger partial charge in [-0.25, -0.2) is 4.99 Å². The van der Waals surface area contributed by atoms with Gasteiger partial charge in [0, 0.05) is 26.2 Å². The Bertz CT molecular complexity index is 1190. The molecule has 0 fully saturated rings.